The molecule has 20 heavy (non-hydrogen) atoms. The quantitative estimate of drug-likeness (QED) is 0.893. The lowest BCUT2D eigenvalue weighted by Crippen LogP contribution is -2.28. The van der Waals surface area contributed by atoms with E-state index in [9.17, 15) is 13.2 Å². The number of hydrogen-bond donors (Lipinski definition) is 1. The number of primary sulfonamides is 1. The van der Waals surface area contributed by atoms with Crippen LogP contribution in [0.25, 0.3) is 0 Å². The predicted octanol–water partition coefficient (Wildman–Crippen LogP) is 0.853. The van der Waals surface area contributed by atoms with Crippen LogP contribution < -0.4 is 10.0 Å². The van der Waals surface area contributed by atoms with Gasteiger partial charge in [0.05, 0.1) is 22.0 Å². The third-order valence-corrected chi connectivity index (χ3v) is 4.32. The van der Waals surface area contributed by atoms with Gasteiger partial charge in [0, 0.05) is 18.9 Å². The summed E-state index contributed by atoms with van der Waals surface area (Å²) in [5.74, 6) is -0.863. The number of halogens is 1. The van der Waals surface area contributed by atoms with Gasteiger partial charge in [0.2, 0.25) is 15.9 Å². The summed E-state index contributed by atoms with van der Waals surface area (Å²) in [6.07, 6.45) is 0.0911. The smallest absolute Gasteiger partial charge is 0.227 e. The molecule has 1 aliphatic rings. The molecule has 1 amide bonds. The van der Waals surface area contributed by atoms with Crippen molar-refractivity contribution in [3.05, 3.63) is 28.8 Å². The van der Waals surface area contributed by atoms with Gasteiger partial charge in [0.1, 0.15) is 6.07 Å². The lowest BCUT2D eigenvalue weighted by molar-refractivity contribution is -0.117. The zero-order valence-electron chi connectivity index (χ0n) is 10.4. The molecule has 2 N–H and O–H groups in total. The molecular formula is C12H12ClN3O3S. The van der Waals surface area contributed by atoms with Gasteiger partial charge in [-0.2, -0.15) is 5.26 Å². The Balaban J connectivity index is 2.30. The second kappa shape index (κ2) is 5.40. The van der Waals surface area contributed by atoms with Gasteiger partial charge in [0.15, 0.2) is 0 Å². The van der Waals surface area contributed by atoms with Gasteiger partial charge in [-0.15, -0.1) is 0 Å². The number of nitriles is 1. The highest BCUT2D eigenvalue weighted by molar-refractivity contribution is 7.89. The first-order valence-corrected chi connectivity index (χ1v) is 7.90. The van der Waals surface area contributed by atoms with Crippen LogP contribution in [0.5, 0.6) is 0 Å². The van der Waals surface area contributed by atoms with Crippen LogP contribution in [0.15, 0.2) is 18.2 Å². The van der Waals surface area contributed by atoms with E-state index in [0.717, 1.165) is 0 Å². The Kier molecular flexibility index (Phi) is 3.99. The molecule has 0 aliphatic carbocycles. The van der Waals surface area contributed by atoms with E-state index in [1.54, 1.807) is 18.2 Å². The zero-order valence-corrected chi connectivity index (χ0v) is 12.0. The molecule has 0 radical (unpaired) electrons. The molecule has 106 valence electrons. The highest BCUT2D eigenvalue weighted by Gasteiger charge is 2.34. The third kappa shape index (κ3) is 3.10. The number of carbonyl (C=O) groups excluding carboxylic acids is 1. The average molecular weight is 314 g/mol. The minimum absolute atomic E-state index is 0.0911. The fraction of sp³-hybridized carbons (Fsp3) is 0.333. The maximum absolute atomic E-state index is 12.0. The summed E-state index contributed by atoms with van der Waals surface area (Å²) >= 11 is 5.92. The van der Waals surface area contributed by atoms with Gasteiger partial charge in [-0.3, -0.25) is 4.79 Å². The van der Waals surface area contributed by atoms with Crippen molar-refractivity contribution in [2.45, 2.75) is 6.42 Å². The van der Waals surface area contributed by atoms with E-state index in [0.29, 0.717) is 5.69 Å². The summed E-state index contributed by atoms with van der Waals surface area (Å²) in [6, 6.07) is 6.77. The Hall–Kier alpha value is -1.62. The molecule has 0 bridgehead atoms. The number of benzene rings is 1. The molecule has 1 atom stereocenters. The molecular weight excluding hydrogens is 302 g/mol. The Morgan fingerprint density at radius 3 is 2.80 bits per heavy atom. The molecule has 1 heterocycles. The largest absolute Gasteiger partial charge is 0.311 e. The van der Waals surface area contributed by atoms with Crippen LogP contribution in [0.3, 0.4) is 0 Å². The minimum Gasteiger partial charge on any atom is -0.311 e. The standard InChI is InChI=1S/C12H12ClN3O3S/c13-10-2-1-3-11(9(10)5-14)16-6-8(4-12(16)17)7-20(15,18)19/h1-3,8H,4,6-7H2,(H2,15,18,19). The van der Waals surface area contributed by atoms with Crippen molar-refractivity contribution in [3.8, 4) is 6.07 Å². The molecule has 0 saturated carbocycles. The molecule has 1 aromatic carbocycles. The lowest BCUT2D eigenvalue weighted by atomic mass is 10.1. The number of amides is 1. The van der Waals surface area contributed by atoms with Crippen LogP contribution in [-0.2, 0) is 14.8 Å². The SMILES string of the molecule is N#Cc1c(Cl)cccc1N1CC(CS(N)(=O)=O)CC1=O. The van der Waals surface area contributed by atoms with Crippen LogP contribution in [0, 0.1) is 17.2 Å². The fourth-order valence-electron chi connectivity index (χ4n) is 2.30. The van der Waals surface area contributed by atoms with E-state index in [4.69, 9.17) is 22.0 Å². The monoisotopic (exact) mass is 313 g/mol. The Labute approximate surface area is 121 Å². The van der Waals surface area contributed by atoms with Crippen LogP contribution in [-0.4, -0.2) is 26.6 Å². The van der Waals surface area contributed by atoms with Gasteiger partial charge in [-0.25, -0.2) is 13.6 Å². The molecule has 6 nitrogen and oxygen atoms in total. The second-order valence-electron chi connectivity index (χ2n) is 4.65. The highest BCUT2D eigenvalue weighted by atomic mass is 35.5. The summed E-state index contributed by atoms with van der Waals surface area (Å²) in [5, 5.41) is 14.4. The van der Waals surface area contributed by atoms with E-state index < -0.39 is 10.0 Å². The number of sulfonamides is 1. The first-order valence-electron chi connectivity index (χ1n) is 5.81. The first-order chi connectivity index (χ1) is 9.31. The van der Waals surface area contributed by atoms with Gasteiger partial charge in [-0.05, 0) is 12.1 Å². The number of anilines is 1. The summed E-state index contributed by atoms with van der Waals surface area (Å²) in [6.45, 7) is 0.213. The van der Waals surface area contributed by atoms with Gasteiger partial charge in [0.25, 0.3) is 0 Å². The molecule has 2 rings (SSSR count). The zero-order chi connectivity index (χ0) is 14.9. The fourth-order valence-corrected chi connectivity index (χ4v) is 3.40. The second-order valence-corrected chi connectivity index (χ2v) is 6.72. The van der Waals surface area contributed by atoms with E-state index in [1.807, 2.05) is 6.07 Å². The van der Waals surface area contributed by atoms with Crippen LogP contribution in [0.1, 0.15) is 12.0 Å². The number of carbonyl (C=O) groups is 1. The van der Waals surface area contributed by atoms with Gasteiger partial charge in [-0.1, -0.05) is 17.7 Å². The Bertz CT molecular complexity index is 696. The Morgan fingerprint density at radius 1 is 1.50 bits per heavy atom. The number of hydrogen-bond acceptors (Lipinski definition) is 4. The first kappa shape index (κ1) is 14.8. The predicted molar refractivity (Wildman–Crippen MR) is 74.6 cm³/mol. The van der Waals surface area contributed by atoms with Crippen molar-refractivity contribution >= 4 is 33.2 Å². The van der Waals surface area contributed by atoms with E-state index >= 15 is 0 Å². The van der Waals surface area contributed by atoms with Crippen LogP contribution >= 0.6 is 11.6 Å². The van der Waals surface area contributed by atoms with Crippen molar-refractivity contribution in [2.75, 3.05) is 17.2 Å². The molecule has 1 saturated heterocycles. The van der Waals surface area contributed by atoms with E-state index in [2.05, 4.69) is 0 Å². The van der Waals surface area contributed by atoms with Crippen LogP contribution in [0.2, 0.25) is 5.02 Å². The summed E-state index contributed by atoms with van der Waals surface area (Å²) in [4.78, 5) is 13.4. The molecule has 1 aliphatic heterocycles. The van der Waals surface area contributed by atoms with E-state index in [-0.39, 0.29) is 41.1 Å². The molecule has 1 unspecified atom stereocenters. The summed E-state index contributed by atoms with van der Waals surface area (Å²) in [7, 11) is -3.63. The number of nitrogens with zero attached hydrogens (tertiary/aromatic N) is 2. The Morgan fingerprint density at radius 2 is 2.20 bits per heavy atom. The average Bonchev–Trinajstić information content (AvgIpc) is 2.67. The molecule has 0 aromatic heterocycles. The molecule has 0 spiro atoms. The van der Waals surface area contributed by atoms with Crippen molar-refractivity contribution < 1.29 is 13.2 Å². The molecule has 8 heteroatoms. The lowest BCUT2D eigenvalue weighted by Gasteiger charge is -2.18. The molecule has 1 aromatic rings. The third-order valence-electron chi connectivity index (χ3n) is 3.07. The van der Waals surface area contributed by atoms with E-state index in [1.165, 1.54) is 4.90 Å². The normalized spacial score (nSPS) is 19.1. The van der Waals surface area contributed by atoms with Crippen molar-refractivity contribution in [2.24, 2.45) is 11.1 Å². The highest BCUT2D eigenvalue weighted by Crippen LogP contribution is 2.31. The topological polar surface area (TPSA) is 104 Å². The van der Waals surface area contributed by atoms with Crippen LogP contribution in [0.4, 0.5) is 5.69 Å². The van der Waals surface area contributed by atoms with Gasteiger partial charge < -0.3 is 4.90 Å². The maximum atomic E-state index is 12.0. The summed E-state index contributed by atoms with van der Waals surface area (Å²) < 4.78 is 22.2. The van der Waals surface area contributed by atoms with Gasteiger partial charge >= 0.3 is 0 Å². The van der Waals surface area contributed by atoms with Crippen molar-refractivity contribution in [1.82, 2.24) is 0 Å². The molecule has 1 fully saturated rings. The maximum Gasteiger partial charge on any atom is 0.227 e. The number of nitrogens with two attached hydrogens (primary N) is 1. The summed E-state index contributed by atoms with van der Waals surface area (Å²) in [5.41, 5.74) is 0.612. The van der Waals surface area contributed by atoms with Crippen molar-refractivity contribution in [3.63, 3.8) is 0 Å². The minimum atomic E-state index is -3.63. The van der Waals surface area contributed by atoms with Crippen molar-refractivity contribution in [1.29, 1.82) is 5.26 Å². The number of rotatable bonds is 3.